The minimum Gasteiger partial charge on any atom is -0.380 e. The Balaban J connectivity index is 1.90. The normalized spacial score (nSPS) is 12.4. The Kier molecular flexibility index (Phi) is 8.40. The topological polar surface area (TPSA) is 107 Å². The van der Waals surface area contributed by atoms with E-state index in [-0.39, 0.29) is 23.1 Å². The molecule has 0 aliphatic carbocycles. The summed E-state index contributed by atoms with van der Waals surface area (Å²) in [6.07, 6.45) is 0.0544. The molecule has 3 rings (SSSR count). The summed E-state index contributed by atoms with van der Waals surface area (Å²) in [5.74, 6) is -0.495. The van der Waals surface area contributed by atoms with Gasteiger partial charge in [0.1, 0.15) is 0 Å². The molecule has 0 fully saturated rings. The number of fused-ring (bicyclic) bond motifs is 1. The summed E-state index contributed by atoms with van der Waals surface area (Å²) in [5.41, 5.74) is 2.26. The molecule has 1 N–H and O–H groups in total. The second-order valence-electron chi connectivity index (χ2n) is 8.02. The molecule has 0 bridgehead atoms. The maximum atomic E-state index is 12.8. The summed E-state index contributed by atoms with van der Waals surface area (Å²) in [5, 5.41) is 2.25. The molecule has 0 aliphatic heterocycles. The van der Waals surface area contributed by atoms with Crippen molar-refractivity contribution >= 4 is 48.9 Å². The summed E-state index contributed by atoms with van der Waals surface area (Å²) in [6.45, 7) is 8.23. The fraction of sp³-hybridized carbons (Fsp3) is 0.375. The van der Waals surface area contributed by atoms with E-state index in [1.54, 1.807) is 26.0 Å². The lowest BCUT2D eigenvalue weighted by molar-refractivity contribution is -0.117. The molecule has 0 saturated carbocycles. The Hall–Kier alpha value is -2.82. The van der Waals surface area contributed by atoms with Gasteiger partial charge < -0.3 is 14.6 Å². The average molecular weight is 504 g/mol. The number of carbonyl (C=O) groups excluding carboxylic acids is 2. The molecule has 0 atom stereocenters. The molecular weight excluding hydrogens is 474 g/mol. The van der Waals surface area contributed by atoms with E-state index >= 15 is 0 Å². The molecule has 8 nitrogen and oxygen atoms in total. The van der Waals surface area contributed by atoms with Crippen molar-refractivity contribution in [2.45, 2.75) is 50.8 Å². The van der Waals surface area contributed by atoms with Crippen LogP contribution in [0.25, 0.3) is 10.2 Å². The van der Waals surface area contributed by atoms with Crippen molar-refractivity contribution in [3.8, 4) is 0 Å². The number of aromatic nitrogens is 1. The smallest absolute Gasteiger partial charge is 0.252 e. The first kappa shape index (κ1) is 25.8. The van der Waals surface area contributed by atoms with Crippen molar-refractivity contribution in [1.82, 2.24) is 4.57 Å². The number of carbonyl (C=O) groups is 2. The Morgan fingerprint density at radius 3 is 2.47 bits per heavy atom. The summed E-state index contributed by atoms with van der Waals surface area (Å²) in [7, 11) is -3.36. The number of nitrogens with one attached hydrogen (secondary N) is 1. The van der Waals surface area contributed by atoms with Crippen LogP contribution in [0.2, 0.25) is 0 Å². The Bertz CT molecular complexity index is 1350. The number of thiazole rings is 1. The van der Waals surface area contributed by atoms with Gasteiger partial charge in [-0.2, -0.15) is 4.99 Å². The van der Waals surface area contributed by atoms with Gasteiger partial charge in [-0.05, 0) is 56.7 Å². The first-order valence-corrected chi connectivity index (χ1v) is 13.4. The van der Waals surface area contributed by atoms with E-state index < -0.39 is 15.1 Å². The van der Waals surface area contributed by atoms with Gasteiger partial charge >= 0.3 is 0 Å². The third-order valence-corrected chi connectivity index (χ3v) is 8.33. The highest BCUT2D eigenvalue weighted by molar-refractivity contribution is 7.92. The molecular formula is C24H29N3O5S2. The van der Waals surface area contributed by atoms with Crippen LogP contribution in [0, 0.1) is 0 Å². The quantitative estimate of drug-likeness (QED) is 0.450. The van der Waals surface area contributed by atoms with Gasteiger partial charge in [-0.3, -0.25) is 9.59 Å². The third-order valence-electron chi connectivity index (χ3n) is 5.11. The van der Waals surface area contributed by atoms with Crippen molar-refractivity contribution in [2.24, 2.45) is 4.99 Å². The zero-order valence-electron chi connectivity index (χ0n) is 19.7. The van der Waals surface area contributed by atoms with Gasteiger partial charge in [0, 0.05) is 25.8 Å². The van der Waals surface area contributed by atoms with Crippen LogP contribution in [-0.4, -0.2) is 43.3 Å². The van der Waals surface area contributed by atoms with Gasteiger partial charge in [0.25, 0.3) is 5.91 Å². The van der Waals surface area contributed by atoms with E-state index in [9.17, 15) is 18.0 Å². The lowest BCUT2D eigenvalue weighted by Crippen LogP contribution is -2.20. The van der Waals surface area contributed by atoms with Crippen LogP contribution in [0.15, 0.2) is 52.4 Å². The molecule has 0 radical (unpaired) electrons. The van der Waals surface area contributed by atoms with E-state index in [2.05, 4.69) is 10.3 Å². The Morgan fingerprint density at radius 1 is 1.15 bits per heavy atom. The number of hydrogen-bond donors (Lipinski definition) is 1. The van der Waals surface area contributed by atoms with E-state index in [1.807, 2.05) is 29.7 Å². The molecule has 2 aromatic carbocycles. The SMILES string of the molecule is CCOCCn1c(=NC(=O)Cc2ccc(S(=O)(=O)C(C)C)cc2)sc2cc(NC(C)=O)ccc21. The first-order valence-electron chi connectivity index (χ1n) is 11.0. The van der Waals surface area contributed by atoms with E-state index in [0.717, 1.165) is 10.2 Å². The molecule has 34 heavy (non-hydrogen) atoms. The molecule has 1 aromatic heterocycles. The standard InChI is InChI=1S/C24H29N3O5S2/c1-5-32-13-12-27-21-11-8-19(25-17(4)28)15-22(21)33-24(27)26-23(29)14-18-6-9-20(10-7-18)34(30,31)16(2)3/h6-11,15-16H,5,12-14H2,1-4H3,(H,25,28). The van der Waals surface area contributed by atoms with Crippen molar-refractivity contribution < 1.29 is 22.7 Å². The van der Waals surface area contributed by atoms with Crippen molar-refractivity contribution in [3.05, 3.63) is 52.8 Å². The van der Waals surface area contributed by atoms with Crippen LogP contribution in [-0.2, 0) is 37.1 Å². The zero-order valence-corrected chi connectivity index (χ0v) is 21.3. The number of ether oxygens (including phenoxy) is 1. The summed E-state index contributed by atoms with van der Waals surface area (Å²) in [6, 6.07) is 11.9. The highest BCUT2D eigenvalue weighted by atomic mass is 32.2. The highest BCUT2D eigenvalue weighted by Gasteiger charge is 2.19. The number of amides is 2. The highest BCUT2D eigenvalue weighted by Crippen LogP contribution is 2.22. The van der Waals surface area contributed by atoms with Crippen LogP contribution in [0.3, 0.4) is 0 Å². The number of rotatable bonds is 9. The molecule has 0 unspecified atom stereocenters. The summed E-state index contributed by atoms with van der Waals surface area (Å²) >= 11 is 1.36. The average Bonchev–Trinajstić information content (AvgIpc) is 3.09. The molecule has 2 amide bonds. The van der Waals surface area contributed by atoms with Gasteiger partial charge in [-0.25, -0.2) is 8.42 Å². The molecule has 0 spiro atoms. The largest absolute Gasteiger partial charge is 0.380 e. The molecule has 10 heteroatoms. The number of anilines is 1. The molecule has 182 valence electrons. The monoisotopic (exact) mass is 503 g/mol. The predicted octanol–water partition coefficient (Wildman–Crippen LogP) is 3.55. The van der Waals surface area contributed by atoms with Crippen molar-refractivity contribution in [2.75, 3.05) is 18.5 Å². The van der Waals surface area contributed by atoms with Crippen molar-refractivity contribution in [3.63, 3.8) is 0 Å². The second kappa shape index (κ2) is 11.1. The maximum absolute atomic E-state index is 12.8. The maximum Gasteiger partial charge on any atom is 0.252 e. The number of nitrogens with zero attached hydrogens (tertiary/aromatic N) is 2. The molecule has 0 aliphatic rings. The summed E-state index contributed by atoms with van der Waals surface area (Å²) < 4.78 is 32.9. The minimum absolute atomic E-state index is 0.0544. The fourth-order valence-electron chi connectivity index (χ4n) is 3.35. The molecule has 1 heterocycles. The Morgan fingerprint density at radius 2 is 1.85 bits per heavy atom. The van der Waals surface area contributed by atoms with Gasteiger partial charge in [-0.15, -0.1) is 0 Å². The number of hydrogen-bond acceptors (Lipinski definition) is 6. The van der Waals surface area contributed by atoms with Gasteiger partial charge in [0.2, 0.25) is 5.91 Å². The first-order chi connectivity index (χ1) is 16.1. The lowest BCUT2D eigenvalue weighted by Gasteiger charge is -2.08. The number of benzene rings is 2. The molecule has 0 saturated heterocycles. The zero-order chi connectivity index (χ0) is 24.9. The van der Waals surface area contributed by atoms with Gasteiger partial charge in [-0.1, -0.05) is 23.5 Å². The lowest BCUT2D eigenvalue weighted by atomic mass is 10.1. The minimum atomic E-state index is -3.36. The third kappa shape index (κ3) is 6.19. The van der Waals surface area contributed by atoms with Gasteiger partial charge in [0.15, 0.2) is 14.6 Å². The number of sulfone groups is 1. The van der Waals surface area contributed by atoms with Crippen LogP contribution in [0.5, 0.6) is 0 Å². The van der Waals surface area contributed by atoms with E-state index in [4.69, 9.17) is 4.74 Å². The van der Waals surface area contributed by atoms with Gasteiger partial charge in [0.05, 0.1) is 33.4 Å². The molecule has 3 aromatic rings. The summed E-state index contributed by atoms with van der Waals surface area (Å²) in [4.78, 5) is 29.3. The van der Waals surface area contributed by atoms with Crippen LogP contribution < -0.4 is 10.1 Å². The van der Waals surface area contributed by atoms with Crippen LogP contribution in [0.1, 0.15) is 33.3 Å². The van der Waals surface area contributed by atoms with Crippen LogP contribution >= 0.6 is 11.3 Å². The predicted molar refractivity (Wildman–Crippen MR) is 134 cm³/mol. The second-order valence-corrected chi connectivity index (χ2v) is 11.5. The van der Waals surface area contributed by atoms with E-state index in [0.29, 0.717) is 35.8 Å². The fourth-order valence-corrected chi connectivity index (χ4v) is 5.52. The van der Waals surface area contributed by atoms with Crippen molar-refractivity contribution in [1.29, 1.82) is 0 Å². The Labute approximate surface area is 203 Å². The van der Waals surface area contributed by atoms with Crippen LogP contribution in [0.4, 0.5) is 5.69 Å². The van der Waals surface area contributed by atoms with E-state index in [1.165, 1.54) is 30.4 Å².